The van der Waals surface area contributed by atoms with E-state index in [0.29, 0.717) is 0 Å². The summed E-state index contributed by atoms with van der Waals surface area (Å²) in [5, 5.41) is 4.22. The molecule has 0 unspecified atom stereocenters. The van der Waals surface area contributed by atoms with Crippen molar-refractivity contribution < 1.29 is 0 Å². The van der Waals surface area contributed by atoms with Gasteiger partial charge in [0.1, 0.15) is 0 Å². The fourth-order valence-electron chi connectivity index (χ4n) is 1.64. The fraction of sp³-hybridized carbons (Fsp3) is 1.00. The van der Waals surface area contributed by atoms with E-state index in [4.69, 9.17) is 0 Å². The number of piperidine rings is 1. The number of hydrogen-bond acceptors (Lipinski definition) is 2. The van der Waals surface area contributed by atoms with Crippen molar-refractivity contribution in [2.45, 2.75) is 38.4 Å². The molecule has 0 bridgehead atoms. The third kappa shape index (κ3) is 4.36. The van der Waals surface area contributed by atoms with Crippen LogP contribution < -0.4 is 5.32 Å². The predicted molar refractivity (Wildman–Crippen MR) is 57.8 cm³/mol. The number of hydrogen-bond donors (Lipinski definition) is 1. The zero-order valence-electron chi connectivity index (χ0n) is 8.31. The Hall–Kier alpha value is 0.310. The molecular weight excluding hydrogens is 166 g/mol. The molecular formula is C10H21NS. The zero-order valence-corrected chi connectivity index (χ0v) is 9.12. The lowest BCUT2D eigenvalue weighted by atomic mass is 9.96. The molecule has 2 heteroatoms. The minimum atomic E-state index is 0.812. The maximum Gasteiger partial charge on any atom is -0.000968 e. The van der Waals surface area contributed by atoms with Crippen molar-refractivity contribution in [2.24, 2.45) is 5.92 Å². The van der Waals surface area contributed by atoms with E-state index >= 15 is 0 Å². The number of thioether (sulfide) groups is 1. The van der Waals surface area contributed by atoms with Crippen LogP contribution in [0.5, 0.6) is 0 Å². The van der Waals surface area contributed by atoms with E-state index in [1.807, 2.05) is 0 Å². The van der Waals surface area contributed by atoms with Gasteiger partial charge in [-0.1, -0.05) is 13.8 Å². The zero-order chi connectivity index (χ0) is 8.81. The van der Waals surface area contributed by atoms with E-state index in [0.717, 1.165) is 11.2 Å². The molecule has 72 valence electrons. The Morgan fingerprint density at radius 3 is 2.58 bits per heavy atom. The molecule has 0 aliphatic carbocycles. The van der Waals surface area contributed by atoms with Crippen molar-refractivity contribution in [1.29, 1.82) is 0 Å². The van der Waals surface area contributed by atoms with Crippen LogP contribution in [-0.2, 0) is 0 Å². The van der Waals surface area contributed by atoms with E-state index in [1.165, 1.54) is 38.1 Å². The molecule has 1 nitrogen and oxygen atoms in total. The highest BCUT2D eigenvalue weighted by Crippen LogP contribution is 2.20. The first-order valence-corrected chi connectivity index (χ1v) is 6.16. The molecule has 1 rings (SSSR count). The van der Waals surface area contributed by atoms with Gasteiger partial charge in [0.15, 0.2) is 0 Å². The van der Waals surface area contributed by atoms with E-state index in [-0.39, 0.29) is 0 Å². The molecule has 0 amide bonds. The first kappa shape index (κ1) is 10.4. The summed E-state index contributed by atoms with van der Waals surface area (Å²) in [6, 6.07) is 0. The summed E-state index contributed by atoms with van der Waals surface area (Å²) in [5.41, 5.74) is 0. The quantitative estimate of drug-likeness (QED) is 0.726. The lowest BCUT2D eigenvalue weighted by Gasteiger charge is -2.22. The van der Waals surface area contributed by atoms with Gasteiger partial charge in [-0.25, -0.2) is 0 Å². The van der Waals surface area contributed by atoms with Crippen molar-refractivity contribution in [3.8, 4) is 0 Å². The van der Waals surface area contributed by atoms with Gasteiger partial charge < -0.3 is 5.32 Å². The number of nitrogens with one attached hydrogen (secondary N) is 1. The largest absolute Gasteiger partial charge is 0.317 e. The Morgan fingerprint density at radius 2 is 2.00 bits per heavy atom. The van der Waals surface area contributed by atoms with Crippen molar-refractivity contribution >= 4 is 11.8 Å². The van der Waals surface area contributed by atoms with Crippen LogP contribution >= 0.6 is 11.8 Å². The van der Waals surface area contributed by atoms with Crippen LogP contribution in [0, 0.1) is 5.92 Å². The van der Waals surface area contributed by atoms with Crippen molar-refractivity contribution in [1.82, 2.24) is 5.32 Å². The first-order chi connectivity index (χ1) is 5.79. The van der Waals surface area contributed by atoms with Crippen LogP contribution in [0.15, 0.2) is 0 Å². The Bertz CT molecular complexity index is 108. The van der Waals surface area contributed by atoms with Crippen LogP contribution in [0.2, 0.25) is 0 Å². The maximum absolute atomic E-state index is 3.41. The average Bonchev–Trinajstić information content (AvgIpc) is 2.05. The molecule has 0 aromatic rings. The summed E-state index contributed by atoms with van der Waals surface area (Å²) in [6.07, 6.45) is 4.24. The van der Waals surface area contributed by atoms with E-state index in [9.17, 15) is 0 Å². The second kappa shape index (κ2) is 5.87. The third-order valence-electron chi connectivity index (χ3n) is 2.44. The summed E-state index contributed by atoms with van der Waals surface area (Å²) < 4.78 is 0. The summed E-state index contributed by atoms with van der Waals surface area (Å²) in [4.78, 5) is 0. The Morgan fingerprint density at radius 1 is 1.33 bits per heavy atom. The van der Waals surface area contributed by atoms with Crippen molar-refractivity contribution in [2.75, 3.05) is 18.8 Å². The van der Waals surface area contributed by atoms with Crippen molar-refractivity contribution in [3.05, 3.63) is 0 Å². The summed E-state index contributed by atoms with van der Waals surface area (Å²) in [5.74, 6) is 2.38. The van der Waals surface area contributed by atoms with Gasteiger partial charge in [-0.3, -0.25) is 0 Å². The molecule has 0 spiro atoms. The van der Waals surface area contributed by atoms with Gasteiger partial charge in [-0.05, 0) is 49.3 Å². The summed E-state index contributed by atoms with van der Waals surface area (Å²) >= 11 is 2.10. The number of rotatable bonds is 4. The molecule has 1 aliphatic heterocycles. The fourth-order valence-corrected chi connectivity index (χ4v) is 2.58. The topological polar surface area (TPSA) is 12.0 Å². The normalized spacial score (nSPS) is 20.2. The van der Waals surface area contributed by atoms with E-state index in [2.05, 4.69) is 30.9 Å². The van der Waals surface area contributed by atoms with E-state index < -0.39 is 0 Å². The van der Waals surface area contributed by atoms with Gasteiger partial charge in [0.05, 0.1) is 0 Å². The van der Waals surface area contributed by atoms with Gasteiger partial charge in [0.25, 0.3) is 0 Å². The van der Waals surface area contributed by atoms with Crippen LogP contribution in [0.25, 0.3) is 0 Å². The monoisotopic (exact) mass is 187 g/mol. The highest BCUT2D eigenvalue weighted by molar-refractivity contribution is 7.99. The Labute approximate surface area is 80.7 Å². The van der Waals surface area contributed by atoms with Crippen LogP contribution in [-0.4, -0.2) is 24.1 Å². The summed E-state index contributed by atoms with van der Waals surface area (Å²) in [6.45, 7) is 7.06. The van der Waals surface area contributed by atoms with Crippen LogP contribution in [0.1, 0.15) is 33.1 Å². The highest BCUT2D eigenvalue weighted by Gasteiger charge is 2.12. The molecule has 1 fully saturated rings. The minimum absolute atomic E-state index is 0.812. The molecule has 12 heavy (non-hydrogen) atoms. The Balaban J connectivity index is 1.98. The predicted octanol–water partition coefficient (Wildman–Crippen LogP) is 2.52. The molecule has 0 atom stereocenters. The molecule has 0 aromatic carbocycles. The average molecular weight is 187 g/mol. The van der Waals surface area contributed by atoms with Crippen LogP contribution in [0.4, 0.5) is 0 Å². The van der Waals surface area contributed by atoms with Crippen LogP contribution in [0.3, 0.4) is 0 Å². The molecule has 1 heterocycles. The SMILES string of the molecule is CC(C)SCCC1CCNCC1. The third-order valence-corrected chi connectivity index (χ3v) is 3.57. The van der Waals surface area contributed by atoms with Gasteiger partial charge in [-0.15, -0.1) is 0 Å². The Kier molecular flexibility index (Phi) is 5.08. The first-order valence-electron chi connectivity index (χ1n) is 5.11. The lowest BCUT2D eigenvalue weighted by molar-refractivity contribution is 0.367. The minimum Gasteiger partial charge on any atom is -0.317 e. The second-order valence-corrected chi connectivity index (χ2v) is 5.59. The van der Waals surface area contributed by atoms with Gasteiger partial charge in [0, 0.05) is 0 Å². The summed E-state index contributed by atoms with van der Waals surface area (Å²) in [7, 11) is 0. The molecule has 0 radical (unpaired) electrons. The maximum atomic E-state index is 3.41. The van der Waals surface area contributed by atoms with Gasteiger partial charge in [0.2, 0.25) is 0 Å². The molecule has 1 saturated heterocycles. The van der Waals surface area contributed by atoms with E-state index in [1.54, 1.807) is 0 Å². The highest BCUT2D eigenvalue weighted by atomic mass is 32.2. The standard InChI is InChI=1S/C10H21NS/c1-9(2)12-8-5-10-3-6-11-7-4-10/h9-11H,3-8H2,1-2H3. The smallest absolute Gasteiger partial charge is 0.000968 e. The second-order valence-electron chi connectivity index (χ2n) is 3.90. The molecule has 0 saturated carbocycles. The lowest BCUT2D eigenvalue weighted by Crippen LogP contribution is -2.27. The van der Waals surface area contributed by atoms with Gasteiger partial charge in [-0.2, -0.15) is 11.8 Å². The molecule has 0 aromatic heterocycles. The molecule has 1 N–H and O–H groups in total. The van der Waals surface area contributed by atoms with Gasteiger partial charge >= 0.3 is 0 Å². The molecule has 1 aliphatic rings. The van der Waals surface area contributed by atoms with Crippen molar-refractivity contribution in [3.63, 3.8) is 0 Å².